The summed E-state index contributed by atoms with van der Waals surface area (Å²) in [5.41, 5.74) is 4.26. The average molecular weight is 295 g/mol. The summed E-state index contributed by atoms with van der Waals surface area (Å²) in [4.78, 5) is 12.4. The number of benzene rings is 2. The molecule has 0 aromatic heterocycles. The number of rotatable bonds is 1. The van der Waals surface area contributed by atoms with E-state index in [0.717, 1.165) is 0 Å². The molecule has 3 heteroatoms. The Kier molecular flexibility index (Phi) is 4.36. The SMILES string of the molecule is C=C1N(C)c2ccccc2C1(C)C.O=C(O)c1ccccc1. The molecule has 1 aliphatic heterocycles. The van der Waals surface area contributed by atoms with Crippen molar-refractivity contribution in [2.24, 2.45) is 0 Å². The number of anilines is 1. The zero-order valence-electron chi connectivity index (χ0n) is 13.2. The standard InChI is InChI=1S/C12H15N.C7H6O2/c1-9-12(2,3)10-7-5-6-8-11(10)13(9)4;8-7(9)6-4-2-1-3-5-6/h5-8H,1H2,2-4H3;1-5H,(H,8,9). The molecule has 0 unspecified atom stereocenters. The fourth-order valence-electron chi connectivity index (χ4n) is 2.60. The quantitative estimate of drug-likeness (QED) is 0.852. The monoisotopic (exact) mass is 295 g/mol. The van der Waals surface area contributed by atoms with Crippen LogP contribution in [0.5, 0.6) is 0 Å². The Labute approximate surface area is 131 Å². The number of aromatic carboxylic acids is 1. The Bertz CT molecular complexity index is 690. The van der Waals surface area contributed by atoms with E-state index in [1.54, 1.807) is 30.3 Å². The van der Waals surface area contributed by atoms with Gasteiger partial charge in [-0.2, -0.15) is 0 Å². The lowest BCUT2D eigenvalue weighted by molar-refractivity contribution is 0.0697. The number of fused-ring (bicyclic) bond motifs is 1. The molecule has 0 bridgehead atoms. The van der Waals surface area contributed by atoms with Crippen LogP contribution in [-0.4, -0.2) is 18.1 Å². The molecule has 0 radical (unpaired) electrons. The molecule has 22 heavy (non-hydrogen) atoms. The summed E-state index contributed by atoms with van der Waals surface area (Å²) < 4.78 is 0. The van der Waals surface area contributed by atoms with Crippen molar-refractivity contribution in [1.82, 2.24) is 0 Å². The molecule has 1 heterocycles. The molecule has 0 aliphatic carbocycles. The molecule has 3 nitrogen and oxygen atoms in total. The van der Waals surface area contributed by atoms with Crippen molar-refractivity contribution in [3.8, 4) is 0 Å². The van der Waals surface area contributed by atoms with E-state index in [-0.39, 0.29) is 5.41 Å². The van der Waals surface area contributed by atoms with Crippen LogP contribution in [0.2, 0.25) is 0 Å². The minimum atomic E-state index is -0.879. The molecule has 0 amide bonds. The van der Waals surface area contributed by atoms with Gasteiger partial charge in [0.15, 0.2) is 0 Å². The van der Waals surface area contributed by atoms with Crippen molar-refractivity contribution >= 4 is 11.7 Å². The lowest BCUT2D eigenvalue weighted by Gasteiger charge is -2.22. The van der Waals surface area contributed by atoms with E-state index >= 15 is 0 Å². The van der Waals surface area contributed by atoms with Gasteiger partial charge in [-0.1, -0.05) is 56.8 Å². The fraction of sp³-hybridized carbons (Fsp3) is 0.211. The third-order valence-corrected chi connectivity index (χ3v) is 4.09. The second-order valence-electron chi connectivity index (χ2n) is 5.82. The van der Waals surface area contributed by atoms with Crippen molar-refractivity contribution in [2.45, 2.75) is 19.3 Å². The van der Waals surface area contributed by atoms with E-state index in [1.807, 2.05) is 0 Å². The van der Waals surface area contributed by atoms with Gasteiger partial charge in [-0.15, -0.1) is 0 Å². The summed E-state index contributed by atoms with van der Waals surface area (Å²) in [6.45, 7) is 8.57. The number of para-hydroxylation sites is 1. The molecule has 0 fully saturated rings. The van der Waals surface area contributed by atoms with Gasteiger partial charge in [0.25, 0.3) is 0 Å². The first kappa shape index (κ1) is 15.8. The average Bonchev–Trinajstić information content (AvgIpc) is 2.71. The summed E-state index contributed by atoms with van der Waals surface area (Å²) in [5, 5.41) is 8.38. The van der Waals surface area contributed by atoms with E-state index < -0.39 is 5.97 Å². The smallest absolute Gasteiger partial charge is 0.335 e. The van der Waals surface area contributed by atoms with Crippen LogP contribution in [-0.2, 0) is 5.41 Å². The Balaban J connectivity index is 0.000000172. The highest BCUT2D eigenvalue weighted by atomic mass is 16.4. The van der Waals surface area contributed by atoms with Crippen LogP contribution in [0.15, 0.2) is 66.9 Å². The first-order chi connectivity index (χ1) is 10.4. The maximum absolute atomic E-state index is 10.2. The van der Waals surface area contributed by atoms with Gasteiger partial charge in [-0.05, 0) is 23.8 Å². The molecule has 1 aliphatic rings. The summed E-state index contributed by atoms with van der Waals surface area (Å²) in [6.07, 6.45) is 0. The van der Waals surface area contributed by atoms with Crippen LogP contribution in [0.1, 0.15) is 29.8 Å². The number of nitrogens with zero attached hydrogens (tertiary/aromatic N) is 1. The number of carbonyl (C=O) groups is 1. The van der Waals surface area contributed by atoms with Crippen LogP contribution in [0.4, 0.5) is 5.69 Å². The van der Waals surface area contributed by atoms with Gasteiger partial charge in [0, 0.05) is 23.8 Å². The fourth-order valence-corrected chi connectivity index (χ4v) is 2.60. The van der Waals surface area contributed by atoms with E-state index in [1.165, 1.54) is 16.9 Å². The number of hydrogen-bond donors (Lipinski definition) is 1. The Hall–Kier alpha value is -2.55. The number of allylic oxidation sites excluding steroid dienone is 1. The van der Waals surface area contributed by atoms with Crippen LogP contribution < -0.4 is 4.90 Å². The van der Waals surface area contributed by atoms with Gasteiger partial charge in [0.1, 0.15) is 0 Å². The molecule has 2 aromatic carbocycles. The summed E-state index contributed by atoms with van der Waals surface area (Å²) in [7, 11) is 2.08. The Morgan fingerprint density at radius 1 is 1.05 bits per heavy atom. The molecular formula is C19H21NO2. The first-order valence-corrected chi connectivity index (χ1v) is 7.16. The van der Waals surface area contributed by atoms with Gasteiger partial charge < -0.3 is 10.0 Å². The summed E-state index contributed by atoms with van der Waals surface area (Å²) in [6, 6.07) is 16.8. The Morgan fingerprint density at radius 2 is 1.59 bits per heavy atom. The summed E-state index contributed by atoms with van der Waals surface area (Å²) in [5.74, 6) is -0.879. The van der Waals surface area contributed by atoms with Crippen molar-refractivity contribution in [1.29, 1.82) is 0 Å². The number of carboxylic acids is 1. The van der Waals surface area contributed by atoms with Crippen molar-refractivity contribution in [2.75, 3.05) is 11.9 Å². The van der Waals surface area contributed by atoms with Crippen LogP contribution >= 0.6 is 0 Å². The molecule has 3 rings (SSSR count). The minimum Gasteiger partial charge on any atom is -0.478 e. The van der Waals surface area contributed by atoms with Gasteiger partial charge in [0.2, 0.25) is 0 Å². The van der Waals surface area contributed by atoms with Crippen LogP contribution in [0.3, 0.4) is 0 Å². The molecule has 0 atom stereocenters. The third-order valence-electron chi connectivity index (χ3n) is 4.09. The molecule has 1 N–H and O–H groups in total. The maximum atomic E-state index is 10.2. The minimum absolute atomic E-state index is 0.0886. The molecule has 0 saturated carbocycles. The number of hydrogen-bond acceptors (Lipinski definition) is 2. The second kappa shape index (κ2) is 6.06. The molecule has 2 aromatic rings. The second-order valence-corrected chi connectivity index (χ2v) is 5.82. The number of likely N-dealkylation sites (N-methyl/N-ethyl adjacent to an activating group) is 1. The maximum Gasteiger partial charge on any atom is 0.335 e. The van der Waals surface area contributed by atoms with Gasteiger partial charge in [0.05, 0.1) is 5.56 Å². The zero-order valence-corrected chi connectivity index (χ0v) is 13.2. The predicted octanol–water partition coefficient (Wildman–Crippen LogP) is 4.31. The van der Waals surface area contributed by atoms with Crippen LogP contribution in [0, 0.1) is 0 Å². The predicted molar refractivity (Wildman–Crippen MR) is 90.4 cm³/mol. The molecule has 0 spiro atoms. The largest absolute Gasteiger partial charge is 0.478 e. The first-order valence-electron chi connectivity index (χ1n) is 7.16. The van der Waals surface area contributed by atoms with Crippen molar-refractivity contribution in [3.05, 3.63) is 78.0 Å². The van der Waals surface area contributed by atoms with Crippen molar-refractivity contribution < 1.29 is 9.90 Å². The van der Waals surface area contributed by atoms with Gasteiger partial charge >= 0.3 is 5.97 Å². The summed E-state index contributed by atoms with van der Waals surface area (Å²) >= 11 is 0. The van der Waals surface area contributed by atoms with E-state index in [2.05, 4.69) is 56.6 Å². The number of carboxylic acid groups (broad SMARTS) is 1. The van der Waals surface area contributed by atoms with Crippen molar-refractivity contribution in [3.63, 3.8) is 0 Å². The van der Waals surface area contributed by atoms with Crippen LogP contribution in [0.25, 0.3) is 0 Å². The topological polar surface area (TPSA) is 40.5 Å². The normalized spacial score (nSPS) is 14.9. The van der Waals surface area contributed by atoms with E-state index in [4.69, 9.17) is 5.11 Å². The lowest BCUT2D eigenvalue weighted by atomic mass is 9.85. The zero-order chi connectivity index (χ0) is 16.3. The highest BCUT2D eigenvalue weighted by molar-refractivity contribution is 5.87. The molecule has 0 saturated heterocycles. The van der Waals surface area contributed by atoms with E-state index in [9.17, 15) is 4.79 Å². The lowest BCUT2D eigenvalue weighted by Crippen LogP contribution is -2.21. The highest BCUT2D eigenvalue weighted by Gasteiger charge is 2.36. The third kappa shape index (κ3) is 2.89. The highest BCUT2D eigenvalue weighted by Crippen LogP contribution is 2.45. The van der Waals surface area contributed by atoms with E-state index in [0.29, 0.717) is 5.56 Å². The van der Waals surface area contributed by atoms with Gasteiger partial charge in [-0.3, -0.25) is 0 Å². The van der Waals surface area contributed by atoms with Gasteiger partial charge in [-0.25, -0.2) is 4.79 Å². The molecule has 114 valence electrons. The Morgan fingerprint density at radius 3 is 2.09 bits per heavy atom. The molecular weight excluding hydrogens is 274 g/mol.